The van der Waals surface area contributed by atoms with Gasteiger partial charge >= 0.3 is 5.97 Å². The summed E-state index contributed by atoms with van der Waals surface area (Å²) < 4.78 is -0.939. The average molecular weight is 280 g/mol. The molecule has 17 heavy (non-hydrogen) atoms. The third kappa shape index (κ3) is 4.07. The van der Waals surface area contributed by atoms with Gasteiger partial charge in [-0.05, 0) is 25.7 Å². The van der Waals surface area contributed by atoms with Gasteiger partial charge in [-0.1, -0.05) is 49.3 Å². The molecule has 0 amide bonds. The van der Waals surface area contributed by atoms with Gasteiger partial charge in [-0.2, -0.15) is 0 Å². The SMILES string of the molecule is CCC(CC)(CO)SSC(CC)(CC)C(=O)O. The number of aliphatic hydroxyl groups excluding tert-OH is 1. The quantitative estimate of drug-likeness (QED) is 0.632. The van der Waals surface area contributed by atoms with Crippen LogP contribution in [0.1, 0.15) is 53.4 Å². The molecule has 0 aromatic carbocycles. The topological polar surface area (TPSA) is 57.5 Å². The molecule has 0 atom stereocenters. The lowest BCUT2D eigenvalue weighted by atomic mass is 10.0. The van der Waals surface area contributed by atoms with E-state index in [1.165, 1.54) is 21.6 Å². The van der Waals surface area contributed by atoms with Gasteiger partial charge in [0, 0.05) is 4.75 Å². The van der Waals surface area contributed by atoms with Crippen molar-refractivity contribution in [2.75, 3.05) is 6.61 Å². The number of hydrogen-bond acceptors (Lipinski definition) is 4. The van der Waals surface area contributed by atoms with Crippen LogP contribution in [0.4, 0.5) is 0 Å². The van der Waals surface area contributed by atoms with E-state index < -0.39 is 10.7 Å². The highest BCUT2D eigenvalue weighted by atomic mass is 33.1. The highest BCUT2D eigenvalue weighted by Gasteiger charge is 2.39. The van der Waals surface area contributed by atoms with E-state index in [9.17, 15) is 15.0 Å². The molecule has 2 N–H and O–H groups in total. The van der Waals surface area contributed by atoms with Gasteiger partial charge in [-0.3, -0.25) is 4.79 Å². The summed E-state index contributed by atoms with van der Waals surface area (Å²) in [6.07, 6.45) is 2.90. The van der Waals surface area contributed by atoms with E-state index in [4.69, 9.17) is 0 Å². The van der Waals surface area contributed by atoms with E-state index in [1.807, 2.05) is 27.7 Å². The second-order valence-electron chi connectivity index (χ2n) is 4.22. The fourth-order valence-electron chi connectivity index (χ4n) is 1.49. The van der Waals surface area contributed by atoms with Crippen molar-refractivity contribution in [3.63, 3.8) is 0 Å². The van der Waals surface area contributed by atoms with Gasteiger partial charge < -0.3 is 10.2 Å². The minimum atomic E-state index is -0.751. The minimum absolute atomic E-state index is 0.0980. The third-order valence-corrected chi connectivity index (χ3v) is 7.97. The fourth-order valence-corrected chi connectivity index (χ4v) is 5.22. The summed E-state index contributed by atoms with van der Waals surface area (Å²) in [7, 11) is 2.95. The Morgan fingerprint density at radius 2 is 1.47 bits per heavy atom. The van der Waals surface area contributed by atoms with E-state index in [-0.39, 0.29) is 11.4 Å². The lowest BCUT2D eigenvalue weighted by Crippen LogP contribution is -2.35. The van der Waals surface area contributed by atoms with Crippen molar-refractivity contribution in [3.8, 4) is 0 Å². The molecular weight excluding hydrogens is 256 g/mol. The first kappa shape index (κ1) is 17.1. The van der Waals surface area contributed by atoms with E-state index in [2.05, 4.69) is 0 Å². The maximum Gasteiger partial charge on any atom is 0.320 e. The van der Waals surface area contributed by atoms with Gasteiger partial charge in [0.15, 0.2) is 0 Å². The van der Waals surface area contributed by atoms with Crippen LogP contribution >= 0.6 is 21.6 Å². The van der Waals surface area contributed by atoms with Crippen molar-refractivity contribution in [1.29, 1.82) is 0 Å². The van der Waals surface area contributed by atoms with Gasteiger partial charge in [0.05, 0.1) is 6.61 Å². The zero-order valence-electron chi connectivity index (χ0n) is 11.2. The van der Waals surface area contributed by atoms with Crippen LogP contribution in [0.25, 0.3) is 0 Å². The Kier molecular flexibility index (Phi) is 7.60. The fraction of sp³-hybridized carbons (Fsp3) is 0.917. The standard InChI is InChI=1S/C12H24O3S2/c1-5-11(6-2,9-13)16-17-12(7-3,8-4)10(14)15/h13H,5-9H2,1-4H3,(H,14,15). The Balaban J connectivity index is 4.75. The molecule has 0 radical (unpaired) electrons. The van der Waals surface area contributed by atoms with E-state index >= 15 is 0 Å². The lowest BCUT2D eigenvalue weighted by Gasteiger charge is -2.33. The maximum atomic E-state index is 11.4. The van der Waals surface area contributed by atoms with Crippen molar-refractivity contribution in [2.45, 2.75) is 62.9 Å². The molecule has 0 aromatic heterocycles. The van der Waals surface area contributed by atoms with Gasteiger partial charge in [0.25, 0.3) is 0 Å². The number of hydrogen-bond donors (Lipinski definition) is 2. The Morgan fingerprint density at radius 3 is 1.71 bits per heavy atom. The molecule has 0 unspecified atom stereocenters. The third-order valence-electron chi connectivity index (χ3n) is 3.49. The molecule has 0 aliphatic heterocycles. The van der Waals surface area contributed by atoms with Crippen LogP contribution in [0.2, 0.25) is 0 Å². The van der Waals surface area contributed by atoms with Crippen molar-refractivity contribution in [1.82, 2.24) is 0 Å². The second kappa shape index (κ2) is 7.54. The average Bonchev–Trinajstić information content (AvgIpc) is 2.36. The number of carboxylic acids is 1. The Morgan fingerprint density at radius 1 is 1.00 bits per heavy atom. The van der Waals surface area contributed by atoms with Gasteiger partial charge in [-0.15, -0.1) is 0 Å². The smallest absolute Gasteiger partial charge is 0.320 e. The number of aliphatic hydroxyl groups is 1. The zero-order chi connectivity index (χ0) is 13.5. The number of carboxylic acid groups (broad SMARTS) is 1. The molecule has 3 nitrogen and oxygen atoms in total. The first-order valence-electron chi connectivity index (χ1n) is 6.17. The summed E-state index contributed by atoms with van der Waals surface area (Å²) in [6.45, 7) is 7.98. The van der Waals surface area contributed by atoms with E-state index in [1.54, 1.807) is 0 Å². The Labute approximate surface area is 112 Å². The van der Waals surface area contributed by atoms with E-state index in [0.717, 1.165) is 12.8 Å². The van der Waals surface area contributed by atoms with E-state index in [0.29, 0.717) is 12.8 Å². The number of rotatable bonds is 9. The monoisotopic (exact) mass is 280 g/mol. The van der Waals surface area contributed by atoms with Crippen molar-refractivity contribution in [2.24, 2.45) is 0 Å². The molecule has 0 bridgehead atoms. The first-order chi connectivity index (χ1) is 7.95. The summed E-state index contributed by atoms with van der Waals surface area (Å²) in [5.74, 6) is -0.751. The molecule has 0 saturated carbocycles. The van der Waals surface area contributed by atoms with Gasteiger partial charge in [0.2, 0.25) is 0 Å². The molecule has 5 heteroatoms. The number of aliphatic carboxylic acids is 1. The normalized spacial score (nSPS) is 12.8. The molecule has 0 fully saturated rings. The molecule has 0 rings (SSSR count). The van der Waals surface area contributed by atoms with Crippen LogP contribution in [0.3, 0.4) is 0 Å². The van der Waals surface area contributed by atoms with Crippen molar-refractivity contribution >= 4 is 27.6 Å². The van der Waals surface area contributed by atoms with Crippen LogP contribution in [0, 0.1) is 0 Å². The molecule has 0 aromatic rings. The number of carbonyl (C=O) groups is 1. The summed E-state index contributed by atoms with van der Waals surface area (Å²) in [6, 6.07) is 0. The van der Waals surface area contributed by atoms with Crippen LogP contribution < -0.4 is 0 Å². The molecule has 102 valence electrons. The largest absolute Gasteiger partial charge is 0.480 e. The molecule has 0 heterocycles. The predicted octanol–water partition coefficient (Wildman–Crippen LogP) is 3.56. The zero-order valence-corrected chi connectivity index (χ0v) is 12.8. The van der Waals surface area contributed by atoms with Gasteiger partial charge in [0.1, 0.15) is 4.75 Å². The van der Waals surface area contributed by atoms with Crippen LogP contribution in [-0.2, 0) is 4.79 Å². The second-order valence-corrected chi connectivity index (χ2v) is 7.20. The predicted molar refractivity (Wildman–Crippen MR) is 76.5 cm³/mol. The van der Waals surface area contributed by atoms with Crippen LogP contribution in [-0.4, -0.2) is 32.3 Å². The van der Waals surface area contributed by atoms with Gasteiger partial charge in [-0.25, -0.2) is 0 Å². The first-order valence-corrected chi connectivity index (χ1v) is 8.31. The minimum Gasteiger partial charge on any atom is -0.480 e. The van der Waals surface area contributed by atoms with Crippen LogP contribution in [0.5, 0.6) is 0 Å². The summed E-state index contributed by atoms with van der Waals surface area (Å²) >= 11 is 0. The van der Waals surface area contributed by atoms with Crippen LogP contribution in [0.15, 0.2) is 0 Å². The van der Waals surface area contributed by atoms with Crippen molar-refractivity contribution < 1.29 is 15.0 Å². The molecule has 0 spiro atoms. The molecule has 0 saturated heterocycles. The maximum absolute atomic E-state index is 11.4. The lowest BCUT2D eigenvalue weighted by molar-refractivity contribution is -0.140. The summed E-state index contributed by atoms with van der Waals surface area (Å²) in [4.78, 5) is 11.4. The Hall–Kier alpha value is 0.130. The Bertz CT molecular complexity index is 228. The highest BCUT2D eigenvalue weighted by Crippen LogP contribution is 2.49. The molecule has 0 aliphatic rings. The molecule has 0 aliphatic carbocycles. The summed E-state index contributed by atoms with van der Waals surface area (Å²) in [5, 5.41) is 18.8. The molecular formula is C12H24O3S2. The van der Waals surface area contributed by atoms with Crippen molar-refractivity contribution in [3.05, 3.63) is 0 Å². The summed E-state index contributed by atoms with van der Waals surface area (Å²) in [5.41, 5.74) is 0. The highest BCUT2D eigenvalue weighted by molar-refractivity contribution is 8.77.